The van der Waals surface area contributed by atoms with Crippen molar-refractivity contribution >= 4 is 11.8 Å². The minimum Gasteiger partial charge on any atom is -0.469 e. The van der Waals surface area contributed by atoms with Crippen molar-refractivity contribution in [1.29, 1.82) is 0 Å². The maximum Gasteiger partial charge on any atom is 0.191 e. The quantitative estimate of drug-likeness (QED) is 0.417. The Hall–Kier alpha value is -3.28. The molecule has 1 aliphatic rings. The molecule has 1 saturated heterocycles. The first-order valence-electron chi connectivity index (χ1n) is 11.5. The van der Waals surface area contributed by atoms with Gasteiger partial charge >= 0.3 is 0 Å². The zero-order valence-electron chi connectivity index (χ0n) is 18.8. The number of furan rings is 1. The normalized spacial score (nSPS) is 15.0. The molecule has 0 atom stereocenters. The van der Waals surface area contributed by atoms with Gasteiger partial charge in [-0.15, -0.1) is 0 Å². The molecule has 0 saturated carbocycles. The fourth-order valence-electron chi connectivity index (χ4n) is 3.95. The Balaban J connectivity index is 1.30. The lowest BCUT2D eigenvalue weighted by atomic mass is 10.1. The van der Waals surface area contributed by atoms with E-state index in [1.54, 1.807) is 6.26 Å². The van der Waals surface area contributed by atoms with Crippen LogP contribution < -0.4 is 15.5 Å². The fraction of sp³-hybridized carbons (Fsp3) is 0.385. The third-order valence-electron chi connectivity index (χ3n) is 5.81. The molecule has 3 aromatic rings. The third kappa shape index (κ3) is 6.61. The van der Waals surface area contributed by atoms with Gasteiger partial charge in [0.25, 0.3) is 0 Å². The predicted octanol–water partition coefficient (Wildman–Crippen LogP) is 3.97. The second-order valence-corrected chi connectivity index (χ2v) is 8.32. The van der Waals surface area contributed by atoms with Crippen molar-refractivity contribution in [3.05, 3.63) is 83.9 Å². The smallest absolute Gasteiger partial charge is 0.191 e. The van der Waals surface area contributed by atoms with Crippen LogP contribution in [0, 0.1) is 6.92 Å². The molecule has 1 aromatic carbocycles. The molecule has 2 N–H and O–H groups in total. The summed E-state index contributed by atoms with van der Waals surface area (Å²) in [6.07, 6.45) is 7.56. The summed E-state index contributed by atoms with van der Waals surface area (Å²) < 4.78 is 5.44. The highest BCUT2D eigenvalue weighted by atomic mass is 16.3. The van der Waals surface area contributed by atoms with Gasteiger partial charge in [-0.1, -0.05) is 36.4 Å². The zero-order chi connectivity index (χ0) is 22.0. The van der Waals surface area contributed by atoms with Crippen LogP contribution in [0.4, 0.5) is 5.82 Å². The second kappa shape index (κ2) is 11.4. The molecule has 168 valence electrons. The average molecular weight is 432 g/mol. The number of anilines is 1. The maximum absolute atomic E-state index is 5.44. The molecular weight excluding hydrogens is 398 g/mol. The van der Waals surface area contributed by atoms with Crippen LogP contribution in [0.1, 0.15) is 29.7 Å². The van der Waals surface area contributed by atoms with E-state index in [2.05, 4.69) is 69.9 Å². The first-order valence-corrected chi connectivity index (χ1v) is 11.5. The number of piperidine rings is 1. The van der Waals surface area contributed by atoms with E-state index < -0.39 is 0 Å². The van der Waals surface area contributed by atoms with E-state index in [4.69, 9.17) is 9.41 Å². The molecule has 0 radical (unpaired) electrons. The van der Waals surface area contributed by atoms with Crippen LogP contribution in [0.25, 0.3) is 0 Å². The number of nitrogens with zero attached hydrogens (tertiary/aromatic N) is 3. The number of rotatable bonds is 8. The van der Waals surface area contributed by atoms with Gasteiger partial charge in [0.1, 0.15) is 11.6 Å². The molecule has 6 nitrogen and oxygen atoms in total. The summed E-state index contributed by atoms with van der Waals surface area (Å²) in [4.78, 5) is 11.8. The van der Waals surface area contributed by atoms with Gasteiger partial charge < -0.3 is 20.0 Å². The minimum absolute atomic E-state index is 0.406. The van der Waals surface area contributed by atoms with E-state index in [0.717, 1.165) is 62.9 Å². The van der Waals surface area contributed by atoms with Crippen molar-refractivity contribution < 1.29 is 4.42 Å². The molecule has 0 amide bonds. The number of guanidine groups is 1. The monoisotopic (exact) mass is 431 g/mol. The van der Waals surface area contributed by atoms with E-state index in [0.29, 0.717) is 12.6 Å². The molecule has 1 aliphatic heterocycles. The Kier molecular flexibility index (Phi) is 7.79. The number of nitrogens with one attached hydrogen (secondary N) is 2. The number of pyridine rings is 1. The molecule has 3 heterocycles. The lowest BCUT2D eigenvalue weighted by Gasteiger charge is -2.34. The van der Waals surface area contributed by atoms with E-state index in [1.807, 2.05) is 18.3 Å². The Morgan fingerprint density at radius 1 is 1.06 bits per heavy atom. The van der Waals surface area contributed by atoms with Gasteiger partial charge in [0.05, 0.1) is 6.26 Å². The average Bonchev–Trinajstić information content (AvgIpc) is 3.34. The van der Waals surface area contributed by atoms with Gasteiger partial charge in [0.15, 0.2) is 5.96 Å². The molecular formula is C26H33N5O. The standard InChI is InChI=1S/C26H33N5O/c1-21-9-10-25(29-20-21)31-17-13-23(14-18-31)30-26(28-16-12-24-8-5-19-32-24)27-15-11-22-6-3-2-4-7-22/h2-10,19-20,23H,11-18H2,1H3,(H2,27,28,30). The molecule has 4 rings (SSSR count). The van der Waals surface area contributed by atoms with Gasteiger partial charge in [-0.3, -0.25) is 4.99 Å². The summed E-state index contributed by atoms with van der Waals surface area (Å²) in [5, 5.41) is 7.19. The molecule has 0 bridgehead atoms. The van der Waals surface area contributed by atoms with E-state index >= 15 is 0 Å². The molecule has 0 unspecified atom stereocenters. The van der Waals surface area contributed by atoms with Crippen molar-refractivity contribution in [3.63, 3.8) is 0 Å². The van der Waals surface area contributed by atoms with E-state index in [1.165, 1.54) is 11.1 Å². The van der Waals surface area contributed by atoms with Crippen LogP contribution in [0.3, 0.4) is 0 Å². The van der Waals surface area contributed by atoms with Crippen LogP contribution in [0.15, 0.2) is 76.5 Å². The molecule has 0 aliphatic carbocycles. The number of hydrogen-bond acceptors (Lipinski definition) is 4. The predicted molar refractivity (Wildman–Crippen MR) is 130 cm³/mol. The first kappa shape index (κ1) is 21.9. The van der Waals surface area contributed by atoms with Crippen LogP contribution in [-0.4, -0.2) is 43.2 Å². The van der Waals surface area contributed by atoms with Crippen LogP contribution in [0.2, 0.25) is 0 Å². The van der Waals surface area contributed by atoms with Gasteiger partial charge in [0.2, 0.25) is 0 Å². The van der Waals surface area contributed by atoms with Crippen molar-refractivity contribution in [2.75, 3.05) is 31.1 Å². The number of benzene rings is 1. The summed E-state index contributed by atoms with van der Waals surface area (Å²) in [6.45, 7) is 5.61. The van der Waals surface area contributed by atoms with Crippen molar-refractivity contribution in [3.8, 4) is 0 Å². The van der Waals surface area contributed by atoms with Gasteiger partial charge in [-0.2, -0.15) is 0 Å². The highest BCUT2D eigenvalue weighted by molar-refractivity contribution is 5.80. The first-order chi connectivity index (χ1) is 15.8. The topological polar surface area (TPSA) is 65.7 Å². The summed E-state index contributed by atoms with van der Waals surface area (Å²) >= 11 is 0. The van der Waals surface area contributed by atoms with Gasteiger partial charge in [-0.05, 0) is 55.5 Å². The lowest BCUT2D eigenvalue weighted by Crippen LogP contribution is -2.49. The highest BCUT2D eigenvalue weighted by Gasteiger charge is 2.21. The van der Waals surface area contributed by atoms with Crippen LogP contribution in [0.5, 0.6) is 0 Å². The maximum atomic E-state index is 5.44. The largest absolute Gasteiger partial charge is 0.469 e. The summed E-state index contributed by atoms with van der Waals surface area (Å²) in [7, 11) is 0. The molecule has 1 fully saturated rings. The SMILES string of the molecule is Cc1ccc(N2CCC(NC(=NCCc3ccco3)NCCc3ccccc3)CC2)nc1. The van der Waals surface area contributed by atoms with Crippen molar-refractivity contribution in [1.82, 2.24) is 15.6 Å². The summed E-state index contributed by atoms with van der Waals surface area (Å²) in [6, 6.07) is 19.1. The molecule has 32 heavy (non-hydrogen) atoms. The van der Waals surface area contributed by atoms with E-state index in [-0.39, 0.29) is 0 Å². The van der Waals surface area contributed by atoms with Crippen LogP contribution >= 0.6 is 0 Å². The Morgan fingerprint density at radius 3 is 2.62 bits per heavy atom. The van der Waals surface area contributed by atoms with Gasteiger partial charge in [-0.25, -0.2) is 4.98 Å². The molecule has 0 spiro atoms. The summed E-state index contributed by atoms with van der Waals surface area (Å²) in [5.74, 6) is 2.93. The molecule has 6 heteroatoms. The number of hydrogen-bond donors (Lipinski definition) is 2. The fourth-order valence-corrected chi connectivity index (χ4v) is 3.95. The Morgan fingerprint density at radius 2 is 1.91 bits per heavy atom. The third-order valence-corrected chi connectivity index (χ3v) is 5.81. The highest BCUT2D eigenvalue weighted by Crippen LogP contribution is 2.18. The minimum atomic E-state index is 0.406. The van der Waals surface area contributed by atoms with E-state index in [9.17, 15) is 0 Å². The lowest BCUT2D eigenvalue weighted by molar-refractivity contribution is 0.459. The zero-order valence-corrected chi connectivity index (χ0v) is 18.8. The Bertz CT molecular complexity index is 946. The number of aryl methyl sites for hydroxylation is 1. The number of aromatic nitrogens is 1. The van der Waals surface area contributed by atoms with Gasteiger partial charge in [0, 0.05) is 44.8 Å². The van der Waals surface area contributed by atoms with Crippen LogP contribution in [-0.2, 0) is 12.8 Å². The summed E-state index contributed by atoms with van der Waals surface area (Å²) in [5.41, 5.74) is 2.52. The van der Waals surface area contributed by atoms with Crippen molar-refractivity contribution in [2.24, 2.45) is 4.99 Å². The number of aliphatic imine (C=N–C) groups is 1. The Labute approximate surface area is 190 Å². The molecule has 2 aromatic heterocycles. The second-order valence-electron chi connectivity index (χ2n) is 8.32. The van der Waals surface area contributed by atoms with Crippen molar-refractivity contribution in [2.45, 2.75) is 38.6 Å².